The predicted molar refractivity (Wildman–Crippen MR) is 36.1 cm³/mol. The number of aliphatic hydroxyl groups is 1. The van der Waals surface area contributed by atoms with Gasteiger partial charge in [-0.15, -0.1) is 12.4 Å². The van der Waals surface area contributed by atoms with Crippen LogP contribution >= 0.6 is 12.4 Å². The maximum atomic E-state index is 10.1. The number of carbonyl (C=O) groups is 1. The van der Waals surface area contributed by atoms with Crippen LogP contribution in [-0.2, 0) is 4.79 Å². The summed E-state index contributed by atoms with van der Waals surface area (Å²) in [5.74, 6) is -0.570. The second-order valence-electron chi connectivity index (χ2n) is 1.52. The monoisotopic (exact) mass is 154 g/mol. The Morgan fingerprint density at radius 2 is 2.11 bits per heavy atom. The summed E-state index contributed by atoms with van der Waals surface area (Å²) in [6.07, 6.45) is 0.245. The number of carbonyl (C=O) groups excluding carboxylic acids is 1. The average molecular weight is 155 g/mol. The van der Waals surface area contributed by atoms with Crippen molar-refractivity contribution < 1.29 is 9.90 Å². The molecule has 1 amide bonds. The van der Waals surface area contributed by atoms with Crippen LogP contribution in [0.1, 0.15) is 6.42 Å². The molecule has 0 radical (unpaired) electrons. The van der Waals surface area contributed by atoms with Gasteiger partial charge >= 0.3 is 0 Å². The molecule has 1 unspecified atom stereocenters. The second kappa shape index (κ2) is 5.81. The first-order valence-corrected chi connectivity index (χ1v) is 2.34. The SMILES string of the molecule is Cl.NC(=O)C(N)CCO. The fourth-order valence-corrected chi connectivity index (χ4v) is 0.281. The van der Waals surface area contributed by atoms with Gasteiger partial charge in [-0.1, -0.05) is 0 Å². The number of aliphatic hydroxyl groups excluding tert-OH is 1. The zero-order valence-electron chi connectivity index (χ0n) is 4.91. The van der Waals surface area contributed by atoms with Gasteiger partial charge in [-0.25, -0.2) is 0 Å². The molecule has 0 bridgehead atoms. The van der Waals surface area contributed by atoms with Crippen molar-refractivity contribution in [3.05, 3.63) is 0 Å². The van der Waals surface area contributed by atoms with Crippen LogP contribution in [0.2, 0.25) is 0 Å². The Kier molecular flexibility index (Phi) is 7.41. The minimum atomic E-state index is -0.694. The summed E-state index contributed by atoms with van der Waals surface area (Å²) in [7, 11) is 0. The topological polar surface area (TPSA) is 89.3 Å². The molecule has 0 spiro atoms. The van der Waals surface area contributed by atoms with Crippen molar-refractivity contribution in [1.29, 1.82) is 0 Å². The van der Waals surface area contributed by atoms with E-state index >= 15 is 0 Å². The van der Waals surface area contributed by atoms with E-state index in [1.807, 2.05) is 0 Å². The minimum Gasteiger partial charge on any atom is -0.396 e. The van der Waals surface area contributed by atoms with Gasteiger partial charge in [-0.3, -0.25) is 4.79 Å². The van der Waals surface area contributed by atoms with Gasteiger partial charge in [0.05, 0.1) is 6.04 Å². The van der Waals surface area contributed by atoms with Crippen molar-refractivity contribution >= 4 is 18.3 Å². The highest BCUT2D eigenvalue weighted by molar-refractivity contribution is 5.85. The van der Waals surface area contributed by atoms with Crippen molar-refractivity contribution in [3.63, 3.8) is 0 Å². The molecule has 4 nitrogen and oxygen atoms in total. The largest absolute Gasteiger partial charge is 0.396 e. The Hall–Kier alpha value is -0.320. The highest BCUT2D eigenvalue weighted by atomic mass is 35.5. The van der Waals surface area contributed by atoms with Gasteiger partial charge in [0.2, 0.25) is 5.91 Å². The molecule has 0 saturated heterocycles. The lowest BCUT2D eigenvalue weighted by Crippen LogP contribution is -2.36. The van der Waals surface area contributed by atoms with Crippen LogP contribution in [0.3, 0.4) is 0 Å². The third-order valence-electron chi connectivity index (χ3n) is 0.806. The smallest absolute Gasteiger partial charge is 0.234 e. The molecule has 9 heavy (non-hydrogen) atoms. The molecule has 0 rings (SSSR count). The van der Waals surface area contributed by atoms with E-state index in [-0.39, 0.29) is 25.4 Å². The molecule has 0 aliphatic carbocycles. The summed E-state index contributed by atoms with van der Waals surface area (Å²) < 4.78 is 0. The molecule has 1 atom stereocenters. The van der Waals surface area contributed by atoms with Crippen molar-refractivity contribution in [2.75, 3.05) is 6.61 Å². The van der Waals surface area contributed by atoms with E-state index in [9.17, 15) is 4.79 Å². The highest BCUT2D eigenvalue weighted by Crippen LogP contribution is 1.81. The van der Waals surface area contributed by atoms with E-state index in [4.69, 9.17) is 16.6 Å². The van der Waals surface area contributed by atoms with Crippen molar-refractivity contribution in [1.82, 2.24) is 0 Å². The predicted octanol–water partition coefficient (Wildman–Crippen LogP) is -1.40. The van der Waals surface area contributed by atoms with E-state index in [1.165, 1.54) is 0 Å². The molecule has 0 aliphatic heterocycles. The van der Waals surface area contributed by atoms with Crippen molar-refractivity contribution in [3.8, 4) is 0 Å². The molecular weight excluding hydrogens is 144 g/mol. The van der Waals surface area contributed by atoms with Gasteiger partial charge in [0.1, 0.15) is 0 Å². The maximum absolute atomic E-state index is 10.1. The summed E-state index contributed by atoms with van der Waals surface area (Å²) >= 11 is 0. The van der Waals surface area contributed by atoms with Gasteiger partial charge in [-0.2, -0.15) is 0 Å². The number of nitrogens with two attached hydrogens (primary N) is 2. The normalized spacial score (nSPS) is 11.8. The van der Waals surface area contributed by atoms with Crippen LogP contribution in [0.15, 0.2) is 0 Å². The number of rotatable bonds is 3. The molecule has 0 aliphatic rings. The van der Waals surface area contributed by atoms with Gasteiger partial charge in [0.25, 0.3) is 0 Å². The number of hydrogen-bond acceptors (Lipinski definition) is 3. The van der Waals surface area contributed by atoms with E-state index < -0.39 is 11.9 Å². The zero-order valence-corrected chi connectivity index (χ0v) is 5.73. The van der Waals surface area contributed by atoms with E-state index in [0.717, 1.165) is 0 Å². The van der Waals surface area contributed by atoms with Gasteiger partial charge in [0.15, 0.2) is 0 Å². The highest BCUT2D eigenvalue weighted by Gasteiger charge is 2.05. The van der Waals surface area contributed by atoms with E-state index in [0.29, 0.717) is 0 Å². The third kappa shape index (κ3) is 5.55. The van der Waals surface area contributed by atoms with E-state index in [2.05, 4.69) is 0 Å². The molecule has 0 aromatic rings. The van der Waals surface area contributed by atoms with Crippen LogP contribution in [0, 0.1) is 0 Å². The third-order valence-corrected chi connectivity index (χ3v) is 0.806. The summed E-state index contributed by atoms with van der Waals surface area (Å²) in [4.78, 5) is 10.1. The summed E-state index contributed by atoms with van der Waals surface area (Å²) in [5, 5.41) is 8.20. The number of hydrogen-bond donors (Lipinski definition) is 3. The molecule has 0 aromatic carbocycles. The molecule has 0 fully saturated rings. The summed E-state index contributed by atoms with van der Waals surface area (Å²) in [5.41, 5.74) is 9.84. The van der Waals surface area contributed by atoms with E-state index in [1.54, 1.807) is 0 Å². The lowest BCUT2D eigenvalue weighted by atomic mass is 10.2. The Morgan fingerprint density at radius 1 is 1.67 bits per heavy atom. The van der Waals surface area contributed by atoms with Crippen LogP contribution in [-0.4, -0.2) is 23.7 Å². The lowest BCUT2D eigenvalue weighted by molar-refractivity contribution is -0.119. The van der Waals surface area contributed by atoms with Gasteiger partial charge in [-0.05, 0) is 6.42 Å². The Morgan fingerprint density at radius 3 is 2.22 bits per heavy atom. The van der Waals surface area contributed by atoms with Crippen LogP contribution in [0.4, 0.5) is 0 Å². The first-order valence-electron chi connectivity index (χ1n) is 2.34. The van der Waals surface area contributed by atoms with Gasteiger partial charge < -0.3 is 16.6 Å². The minimum absolute atomic E-state index is 0. The molecule has 0 aromatic heterocycles. The number of halogens is 1. The maximum Gasteiger partial charge on any atom is 0.234 e. The average Bonchev–Trinajstić information content (AvgIpc) is 1.67. The van der Waals surface area contributed by atoms with Crippen LogP contribution in [0.5, 0.6) is 0 Å². The Balaban J connectivity index is 0. The fourth-order valence-electron chi connectivity index (χ4n) is 0.281. The Bertz CT molecular complexity index is 88.6. The molecular formula is C4H11ClN2O2. The van der Waals surface area contributed by atoms with Crippen LogP contribution < -0.4 is 11.5 Å². The van der Waals surface area contributed by atoms with Crippen LogP contribution in [0.25, 0.3) is 0 Å². The molecule has 5 heteroatoms. The Labute approximate surface area is 59.6 Å². The molecule has 56 valence electrons. The van der Waals surface area contributed by atoms with Crippen molar-refractivity contribution in [2.45, 2.75) is 12.5 Å². The molecule has 5 N–H and O–H groups in total. The number of primary amides is 1. The standard InChI is InChI=1S/C4H10N2O2.ClH/c5-3(1-2-7)4(6)8;/h3,7H,1-2,5H2,(H2,6,8);1H. The quantitative estimate of drug-likeness (QED) is 0.467. The second-order valence-corrected chi connectivity index (χ2v) is 1.52. The zero-order chi connectivity index (χ0) is 6.57. The fraction of sp³-hybridized carbons (Fsp3) is 0.750. The summed E-state index contributed by atoms with van der Waals surface area (Å²) in [6.45, 7) is -0.0931. The van der Waals surface area contributed by atoms with Gasteiger partial charge in [0, 0.05) is 6.61 Å². The molecule has 0 heterocycles. The summed E-state index contributed by atoms with van der Waals surface area (Å²) in [6, 6.07) is -0.694. The lowest BCUT2D eigenvalue weighted by Gasteiger charge is -2.01. The first-order chi connectivity index (χ1) is 3.68. The first kappa shape index (κ1) is 11.5. The number of amides is 1. The molecule has 0 saturated carbocycles. The van der Waals surface area contributed by atoms with Crippen molar-refractivity contribution in [2.24, 2.45) is 11.5 Å².